The maximum atomic E-state index is 14.2. The molecule has 9 heteroatoms. The van der Waals surface area contributed by atoms with Crippen LogP contribution in [-0.2, 0) is 25.5 Å². The fourth-order valence-corrected chi connectivity index (χ4v) is 5.33. The summed E-state index contributed by atoms with van der Waals surface area (Å²) in [6.07, 6.45) is 0.840. The molecule has 9 nitrogen and oxygen atoms in total. The van der Waals surface area contributed by atoms with E-state index in [0.717, 1.165) is 41.3 Å². The molecule has 1 saturated carbocycles. The topological polar surface area (TPSA) is 86.8 Å². The highest BCUT2D eigenvalue weighted by Crippen LogP contribution is 2.33. The number of carbonyl (C=O) groups is 2. The minimum atomic E-state index is -0.841. The summed E-state index contributed by atoms with van der Waals surface area (Å²) in [4.78, 5) is 30.8. The SMILES string of the molecule is COCCCOc1cc(CN(C(=O)C2CN(C(=O)OC(C)(C)C)C[C@@H](COc3ccccc3)O2)C2CC2)cc2ccccc12. The second kappa shape index (κ2) is 14.3. The van der Waals surface area contributed by atoms with Gasteiger partial charge in [-0.15, -0.1) is 0 Å². The van der Waals surface area contributed by atoms with Crippen molar-refractivity contribution in [3.8, 4) is 11.5 Å². The van der Waals surface area contributed by atoms with E-state index >= 15 is 0 Å². The van der Waals surface area contributed by atoms with Crippen molar-refractivity contribution in [3.63, 3.8) is 0 Å². The lowest BCUT2D eigenvalue weighted by atomic mass is 10.0. The van der Waals surface area contributed by atoms with Gasteiger partial charge in [0.25, 0.3) is 5.91 Å². The van der Waals surface area contributed by atoms with Crippen LogP contribution in [0.5, 0.6) is 11.5 Å². The number of para-hydroxylation sites is 1. The first kappa shape index (κ1) is 31.6. The molecule has 1 unspecified atom stereocenters. The largest absolute Gasteiger partial charge is 0.493 e. The van der Waals surface area contributed by atoms with E-state index in [2.05, 4.69) is 12.1 Å². The maximum absolute atomic E-state index is 14.2. The summed E-state index contributed by atoms with van der Waals surface area (Å²) < 4.78 is 29.3. The third-order valence-corrected chi connectivity index (χ3v) is 7.53. The van der Waals surface area contributed by atoms with Gasteiger partial charge in [0.05, 0.1) is 19.7 Å². The lowest BCUT2D eigenvalue weighted by molar-refractivity contribution is -0.160. The molecule has 236 valence electrons. The zero-order valence-electron chi connectivity index (χ0n) is 26.2. The van der Waals surface area contributed by atoms with E-state index in [-0.39, 0.29) is 31.6 Å². The number of amides is 2. The Labute approximate surface area is 260 Å². The van der Waals surface area contributed by atoms with Gasteiger partial charge in [0.15, 0.2) is 6.10 Å². The smallest absolute Gasteiger partial charge is 0.410 e. The summed E-state index contributed by atoms with van der Waals surface area (Å²) in [5.74, 6) is 1.35. The first-order valence-corrected chi connectivity index (χ1v) is 15.5. The monoisotopic (exact) mass is 604 g/mol. The normalized spacial score (nSPS) is 18.6. The van der Waals surface area contributed by atoms with Crippen LogP contribution in [0.15, 0.2) is 66.7 Å². The van der Waals surface area contributed by atoms with Gasteiger partial charge in [-0.2, -0.15) is 0 Å². The molecule has 1 aliphatic carbocycles. The van der Waals surface area contributed by atoms with E-state index in [0.29, 0.717) is 25.5 Å². The molecule has 0 radical (unpaired) electrons. The summed E-state index contributed by atoms with van der Waals surface area (Å²) in [6, 6.07) is 21.8. The van der Waals surface area contributed by atoms with Crippen LogP contribution in [-0.4, -0.2) is 85.7 Å². The Kier molecular flexibility index (Phi) is 10.3. The highest BCUT2D eigenvalue weighted by atomic mass is 16.6. The van der Waals surface area contributed by atoms with E-state index in [1.54, 1.807) is 12.0 Å². The summed E-state index contributed by atoms with van der Waals surface area (Å²) in [5, 5.41) is 2.08. The van der Waals surface area contributed by atoms with Gasteiger partial charge in [0.2, 0.25) is 0 Å². The standard InChI is InChI=1S/C35H44N2O7/c1-35(2,3)44-34(39)36-22-29(24-42-28-12-6-5-7-13-28)43-32(23-36)33(38)37(27-15-16-27)21-25-19-26-11-8-9-14-30(26)31(20-25)41-18-10-17-40-4/h5-9,11-14,19-20,27,29,32H,10,15-18,21-24H2,1-4H3/t29-,32?/m0/s1. The molecule has 5 rings (SSSR count). The van der Waals surface area contributed by atoms with Crippen LogP contribution in [0.1, 0.15) is 45.6 Å². The molecule has 0 aromatic heterocycles. The average molecular weight is 605 g/mol. The number of ether oxygens (including phenoxy) is 5. The molecule has 2 aliphatic rings. The maximum Gasteiger partial charge on any atom is 0.410 e. The van der Waals surface area contributed by atoms with Gasteiger partial charge in [0, 0.05) is 38.1 Å². The Bertz CT molecular complexity index is 1400. The minimum absolute atomic E-state index is 0.115. The molecular formula is C35H44N2O7. The molecule has 0 spiro atoms. The van der Waals surface area contributed by atoms with Crippen molar-refractivity contribution in [1.29, 1.82) is 0 Å². The number of benzene rings is 3. The van der Waals surface area contributed by atoms with Gasteiger partial charge in [-0.25, -0.2) is 4.79 Å². The van der Waals surface area contributed by atoms with Gasteiger partial charge >= 0.3 is 6.09 Å². The summed E-state index contributed by atoms with van der Waals surface area (Å²) in [6.45, 7) is 7.66. The fourth-order valence-electron chi connectivity index (χ4n) is 5.33. The van der Waals surface area contributed by atoms with Gasteiger partial charge < -0.3 is 33.5 Å². The Morgan fingerprint density at radius 2 is 1.70 bits per heavy atom. The van der Waals surface area contributed by atoms with Crippen LogP contribution in [0.4, 0.5) is 4.79 Å². The lowest BCUT2D eigenvalue weighted by Crippen LogP contribution is -2.57. The number of hydrogen-bond donors (Lipinski definition) is 0. The van der Waals surface area contributed by atoms with E-state index in [1.165, 1.54) is 0 Å². The lowest BCUT2D eigenvalue weighted by Gasteiger charge is -2.39. The van der Waals surface area contributed by atoms with Crippen LogP contribution in [0.25, 0.3) is 10.8 Å². The first-order chi connectivity index (χ1) is 21.2. The van der Waals surface area contributed by atoms with Crippen molar-refractivity contribution in [3.05, 3.63) is 72.3 Å². The van der Waals surface area contributed by atoms with Crippen LogP contribution in [0.3, 0.4) is 0 Å². The van der Waals surface area contributed by atoms with Gasteiger partial charge in [-0.3, -0.25) is 4.79 Å². The minimum Gasteiger partial charge on any atom is -0.493 e. The Hall–Kier alpha value is -3.82. The summed E-state index contributed by atoms with van der Waals surface area (Å²) in [5.41, 5.74) is 0.319. The molecule has 2 atom stereocenters. The van der Waals surface area contributed by atoms with Crippen molar-refractivity contribution >= 4 is 22.8 Å². The Morgan fingerprint density at radius 3 is 2.43 bits per heavy atom. The van der Waals surface area contributed by atoms with Crippen LogP contribution in [0.2, 0.25) is 0 Å². The van der Waals surface area contributed by atoms with Crippen molar-refractivity contribution in [1.82, 2.24) is 9.80 Å². The van der Waals surface area contributed by atoms with Crippen molar-refractivity contribution in [2.45, 2.75) is 70.4 Å². The van der Waals surface area contributed by atoms with Crippen LogP contribution < -0.4 is 9.47 Å². The number of nitrogens with zero attached hydrogens (tertiary/aromatic N) is 2. The number of fused-ring (bicyclic) bond motifs is 1. The van der Waals surface area contributed by atoms with Gasteiger partial charge in [-0.1, -0.05) is 42.5 Å². The predicted octanol–water partition coefficient (Wildman–Crippen LogP) is 5.83. The first-order valence-electron chi connectivity index (χ1n) is 15.5. The molecule has 3 aromatic carbocycles. The average Bonchev–Trinajstić information content (AvgIpc) is 3.86. The van der Waals surface area contributed by atoms with E-state index in [1.807, 2.05) is 80.3 Å². The van der Waals surface area contributed by atoms with E-state index in [4.69, 9.17) is 23.7 Å². The molecule has 0 N–H and O–H groups in total. The van der Waals surface area contributed by atoms with E-state index in [9.17, 15) is 9.59 Å². The van der Waals surface area contributed by atoms with E-state index < -0.39 is 23.9 Å². The van der Waals surface area contributed by atoms with Crippen molar-refractivity contribution in [2.24, 2.45) is 0 Å². The molecule has 2 fully saturated rings. The molecule has 0 bridgehead atoms. The summed E-state index contributed by atoms with van der Waals surface area (Å²) in [7, 11) is 1.68. The summed E-state index contributed by atoms with van der Waals surface area (Å²) >= 11 is 0. The van der Waals surface area contributed by atoms with Gasteiger partial charge in [-0.05, 0) is 68.8 Å². The highest BCUT2D eigenvalue weighted by molar-refractivity contribution is 5.89. The molecule has 44 heavy (non-hydrogen) atoms. The predicted molar refractivity (Wildman–Crippen MR) is 168 cm³/mol. The zero-order valence-corrected chi connectivity index (χ0v) is 26.2. The molecule has 1 aliphatic heterocycles. The molecule has 2 amide bonds. The second-order valence-corrected chi connectivity index (χ2v) is 12.5. The van der Waals surface area contributed by atoms with Crippen LogP contribution in [0, 0.1) is 0 Å². The third-order valence-electron chi connectivity index (χ3n) is 7.53. The third kappa shape index (κ3) is 8.64. The van der Waals surface area contributed by atoms with Gasteiger partial charge in [0.1, 0.15) is 29.8 Å². The Morgan fingerprint density at radius 1 is 0.955 bits per heavy atom. The second-order valence-electron chi connectivity index (χ2n) is 12.5. The molecular weight excluding hydrogens is 560 g/mol. The molecule has 1 saturated heterocycles. The Balaban J connectivity index is 1.35. The molecule has 1 heterocycles. The van der Waals surface area contributed by atoms with Crippen molar-refractivity contribution < 1.29 is 33.3 Å². The number of methoxy groups -OCH3 is 1. The highest BCUT2D eigenvalue weighted by Gasteiger charge is 2.42. The zero-order chi connectivity index (χ0) is 31.1. The van der Waals surface area contributed by atoms with Crippen molar-refractivity contribution in [2.75, 3.05) is 40.0 Å². The number of morpholine rings is 1. The van der Waals surface area contributed by atoms with Crippen LogP contribution >= 0.6 is 0 Å². The quantitative estimate of drug-likeness (QED) is 0.241. The fraction of sp³-hybridized carbons (Fsp3) is 0.486. The molecule has 3 aromatic rings. The number of hydrogen-bond acceptors (Lipinski definition) is 7. The number of carbonyl (C=O) groups excluding carboxylic acids is 2. The number of rotatable bonds is 12.